The highest BCUT2D eigenvalue weighted by atomic mass is 32.2. The van der Waals surface area contributed by atoms with E-state index in [1.54, 1.807) is 11.6 Å². The van der Waals surface area contributed by atoms with Crippen LogP contribution in [0.1, 0.15) is 19.4 Å². The molecule has 0 saturated heterocycles. The molecule has 0 aliphatic carbocycles. The van der Waals surface area contributed by atoms with Crippen LogP contribution in [0, 0.1) is 0 Å². The molecule has 0 aliphatic heterocycles. The molecule has 0 spiro atoms. The summed E-state index contributed by atoms with van der Waals surface area (Å²) in [6.45, 7) is 1.85. The summed E-state index contributed by atoms with van der Waals surface area (Å²) >= 11 is 2.43. The predicted octanol–water partition coefficient (Wildman–Crippen LogP) is 1.17. The van der Waals surface area contributed by atoms with Gasteiger partial charge in [0.25, 0.3) is 0 Å². The molecule has 3 N–H and O–H groups in total. The molecule has 2 rings (SSSR count). The van der Waals surface area contributed by atoms with Crippen LogP contribution in [0.4, 0.5) is 11.1 Å². The lowest BCUT2D eigenvalue weighted by Gasteiger charge is -2.18. The van der Waals surface area contributed by atoms with Crippen LogP contribution < -0.4 is 11.1 Å². The van der Waals surface area contributed by atoms with Crippen molar-refractivity contribution < 1.29 is 14.3 Å². The van der Waals surface area contributed by atoms with E-state index in [-0.39, 0.29) is 17.6 Å². The number of hydrogen-bond donors (Lipinski definition) is 2. The number of ether oxygens (including phenoxy) is 1. The fraction of sp³-hybridized carbons (Fsp3) is 0.417. The summed E-state index contributed by atoms with van der Waals surface area (Å²) in [6, 6.07) is -0.603. The molecule has 0 radical (unpaired) electrons. The Bertz CT molecular complexity index is 672. The number of hydrogen-bond acceptors (Lipinski definition) is 9. The van der Waals surface area contributed by atoms with E-state index in [1.165, 1.54) is 23.0 Å². The third-order valence-corrected chi connectivity index (χ3v) is 4.51. The zero-order chi connectivity index (χ0) is 16.8. The highest BCUT2D eigenvalue weighted by Gasteiger charge is 2.25. The minimum atomic E-state index is -0.603. The highest BCUT2D eigenvalue weighted by Crippen LogP contribution is 2.26. The number of rotatable bonds is 7. The maximum absolute atomic E-state index is 12.5. The van der Waals surface area contributed by atoms with Crippen molar-refractivity contribution in [3.8, 4) is 0 Å². The first-order chi connectivity index (χ1) is 11.1. The molecule has 11 heteroatoms. The Labute approximate surface area is 140 Å². The van der Waals surface area contributed by atoms with Gasteiger partial charge in [-0.1, -0.05) is 18.7 Å². The monoisotopic (exact) mass is 356 g/mol. The summed E-state index contributed by atoms with van der Waals surface area (Å²) in [6.07, 6.45) is 2.08. The number of methoxy groups -OCH3 is 1. The summed E-state index contributed by atoms with van der Waals surface area (Å²) in [5.41, 5.74) is 5.83. The van der Waals surface area contributed by atoms with Crippen molar-refractivity contribution >= 4 is 46.1 Å². The lowest BCUT2D eigenvalue weighted by atomic mass is 10.2. The van der Waals surface area contributed by atoms with E-state index in [9.17, 15) is 9.59 Å². The molecule has 0 saturated carbocycles. The van der Waals surface area contributed by atoms with Crippen LogP contribution in [0.25, 0.3) is 0 Å². The van der Waals surface area contributed by atoms with Gasteiger partial charge in [0.15, 0.2) is 10.3 Å². The lowest BCUT2D eigenvalue weighted by molar-refractivity contribution is -0.137. The first-order valence-corrected chi connectivity index (χ1v) is 8.53. The number of nitrogens with one attached hydrogen (secondary N) is 1. The quantitative estimate of drug-likeness (QED) is 0.559. The number of thiazole rings is 1. The Morgan fingerprint density at radius 1 is 1.52 bits per heavy atom. The first kappa shape index (κ1) is 17.2. The zero-order valence-electron chi connectivity index (χ0n) is 12.6. The Balaban J connectivity index is 2.18. The fourth-order valence-electron chi connectivity index (χ4n) is 1.82. The topological polar surface area (TPSA) is 125 Å². The molecule has 2 aromatic heterocycles. The van der Waals surface area contributed by atoms with Crippen molar-refractivity contribution in [1.82, 2.24) is 19.7 Å². The van der Waals surface area contributed by atoms with Crippen LogP contribution in [-0.2, 0) is 14.3 Å². The van der Waals surface area contributed by atoms with Gasteiger partial charge in [0, 0.05) is 11.6 Å². The normalized spacial score (nSPS) is 11.9. The molecule has 0 fully saturated rings. The summed E-state index contributed by atoms with van der Waals surface area (Å²) < 4.78 is 6.10. The van der Waals surface area contributed by atoms with Crippen LogP contribution in [0.3, 0.4) is 0 Å². The number of esters is 1. The summed E-state index contributed by atoms with van der Waals surface area (Å²) in [4.78, 5) is 27.7. The number of amides is 1. The number of nitrogens with zero attached hydrogens (tertiary/aromatic N) is 4. The van der Waals surface area contributed by atoms with Gasteiger partial charge in [-0.25, -0.2) is 4.98 Å². The fourth-order valence-corrected chi connectivity index (χ4v) is 3.18. The predicted molar refractivity (Wildman–Crippen MR) is 87.2 cm³/mol. The molecule has 0 aromatic carbocycles. The van der Waals surface area contributed by atoms with Gasteiger partial charge in [0.05, 0.1) is 12.9 Å². The molecular weight excluding hydrogens is 340 g/mol. The van der Waals surface area contributed by atoms with Crippen LogP contribution in [-0.4, -0.2) is 44.5 Å². The van der Waals surface area contributed by atoms with Crippen molar-refractivity contribution in [3.63, 3.8) is 0 Å². The number of nitrogens with two attached hydrogens (primary N) is 1. The van der Waals surface area contributed by atoms with E-state index in [0.717, 1.165) is 11.8 Å². The maximum atomic E-state index is 12.5. The van der Waals surface area contributed by atoms with Crippen molar-refractivity contribution in [1.29, 1.82) is 0 Å². The summed E-state index contributed by atoms with van der Waals surface area (Å²) in [7, 11) is 1.30. The molecule has 9 nitrogen and oxygen atoms in total. The van der Waals surface area contributed by atoms with E-state index in [4.69, 9.17) is 5.73 Å². The zero-order valence-corrected chi connectivity index (χ0v) is 14.2. The molecule has 1 unspecified atom stereocenters. The van der Waals surface area contributed by atoms with Gasteiger partial charge in [0.1, 0.15) is 6.04 Å². The van der Waals surface area contributed by atoms with Crippen LogP contribution in [0.5, 0.6) is 0 Å². The first-order valence-electron chi connectivity index (χ1n) is 6.67. The smallest absolute Gasteiger partial charge is 0.316 e. The second-order valence-electron chi connectivity index (χ2n) is 4.33. The van der Waals surface area contributed by atoms with Gasteiger partial charge >= 0.3 is 5.97 Å². The number of carbonyl (C=O) groups excluding carboxylic acids is 2. The Morgan fingerprint density at radius 3 is 2.91 bits per heavy atom. The Morgan fingerprint density at radius 2 is 2.30 bits per heavy atom. The van der Waals surface area contributed by atoms with Crippen molar-refractivity contribution in [2.75, 3.05) is 23.9 Å². The molecule has 2 aromatic rings. The van der Waals surface area contributed by atoms with Crippen LogP contribution in [0.15, 0.2) is 16.7 Å². The number of carbonyl (C=O) groups is 2. The van der Waals surface area contributed by atoms with Crippen molar-refractivity contribution in [3.05, 3.63) is 11.6 Å². The van der Waals surface area contributed by atoms with Gasteiger partial charge in [-0.2, -0.15) is 0 Å². The van der Waals surface area contributed by atoms with Crippen LogP contribution in [0.2, 0.25) is 0 Å². The Kier molecular flexibility index (Phi) is 5.93. The Hall–Kier alpha value is -2.14. The molecule has 23 heavy (non-hydrogen) atoms. The highest BCUT2D eigenvalue weighted by molar-refractivity contribution is 7.99. The van der Waals surface area contributed by atoms with Gasteiger partial charge in [-0.15, -0.1) is 21.5 Å². The third-order valence-electron chi connectivity index (χ3n) is 2.90. The molecule has 1 atom stereocenters. The number of thioether (sulfide) groups is 1. The summed E-state index contributed by atoms with van der Waals surface area (Å²) in [5, 5.41) is 13.1. The van der Waals surface area contributed by atoms with Gasteiger partial charge in [-0.05, 0) is 6.42 Å². The molecule has 1 amide bonds. The molecule has 0 aliphatic rings. The van der Waals surface area contributed by atoms with E-state index in [2.05, 4.69) is 25.2 Å². The second-order valence-corrected chi connectivity index (χ2v) is 6.16. The van der Waals surface area contributed by atoms with E-state index >= 15 is 0 Å². The number of anilines is 2. The van der Waals surface area contributed by atoms with Gasteiger partial charge < -0.3 is 15.8 Å². The van der Waals surface area contributed by atoms with Crippen molar-refractivity contribution in [2.24, 2.45) is 0 Å². The van der Waals surface area contributed by atoms with Crippen LogP contribution >= 0.6 is 23.1 Å². The third kappa shape index (κ3) is 4.20. The maximum Gasteiger partial charge on any atom is 0.316 e. The van der Waals surface area contributed by atoms with Crippen molar-refractivity contribution in [2.45, 2.75) is 24.5 Å². The second kappa shape index (κ2) is 7.92. The molecular formula is C12H16N6O3S2. The SMILES string of the molecule is CCC(C(=O)Nc1nccs1)n1c(N)nnc1SCC(=O)OC. The standard InChI is InChI=1S/C12H16N6O3S2/c1-3-7(9(20)15-11-14-4-5-22-11)18-10(13)16-17-12(18)23-6-8(19)21-2/h4-5,7H,3,6H2,1-2H3,(H2,13,16)(H,14,15,20). The molecule has 2 heterocycles. The number of nitrogen functional groups attached to an aromatic ring is 1. The summed E-state index contributed by atoms with van der Waals surface area (Å²) in [5.74, 6) is -0.505. The average Bonchev–Trinajstić information content (AvgIpc) is 3.17. The molecule has 0 bridgehead atoms. The van der Waals surface area contributed by atoms with E-state index in [0.29, 0.717) is 16.7 Å². The lowest BCUT2D eigenvalue weighted by Crippen LogP contribution is -2.27. The van der Waals surface area contributed by atoms with Gasteiger partial charge in [-0.3, -0.25) is 14.2 Å². The van der Waals surface area contributed by atoms with E-state index < -0.39 is 12.0 Å². The average molecular weight is 356 g/mol. The van der Waals surface area contributed by atoms with E-state index in [1.807, 2.05) is 6.92 Å². The minimum absolute atomic E-state index is 0.0547. The largest absolute Gasteiger partial charge is 0.468 e. The number of aromatic nitrogens is 4. The molecule has 124 valence electrons. The minimum Gasteiger partial charge on any atom is -0.468 e. The van der Waals surface area contributed by atoms with Gasteiger partial charge in [0.2, 0.25) is 11.9 Å².